The van der Waals surface area contributed by atoms with Gasteiger partial charge in [0, 0.05) is 17.7 Å². The van der Waals surface area contributed by atoms with Crippen LogP contribution < -0.4 is 0 Å². The first kappa shape index (κ1) is 11.1. The third kappa shape index (κ3) is 3.01. The monoisotopic (exact) mass is 210 g/mol. The quantitative estimate of drug-likeness (QED) is 0.601. The zero-order chi connectivity index (χ0) is 11.4. The van der Waals surface area contributed by atoms with Crippen molar-refractivity contribution < 1.29 is 14.8 Å². The summed E-state index contributed by atoms with van der Waals surface area (Å²) < 4.78 is 0. The Morgan fingerprint density at radius 3 is 2.73 bits per heavy atom. The lowest BCUT2D eigenvalue weighted by Crippen LogP contribution is -2.04. The molecular formula is C9H10N2O4. The maximum absolute atomic E-state index is 10.4. The number of hydrogen-bond acceptors (Lipinski definition) is 4. The summed E-state index contributed by atoms with van der Waals surface area (Å²) in [6, 6.07) is 2.80. The molecule has 1 rings (SSSR count). The van der Waals surface area contributed by atoms with E-state index < -0.39 is 10.9 Å². The number of pyridine rings is 1. The first-order valence-corrected chi connectivity index (χ1v) is 4.33. The molecule has 0 aliphatic carbocycles. The number of carbonyl (C=O) groups is 1. The van der Waals surface area contributed by atoms with E-state index in [1.807, 2.05) is 0 Å². The Morgan fingerprint density at radius 2 is 2.33 bits per heavy atom. The van der Waals surface area contributed by atoms with Crippen molar-refractivity contribution in [3.05, 3.63) is 34.1 Å². The summed E-state index contributed by atoms with van der Waals surface area (Å²) in [5, 5.41) is 18.9. The van der Waals surface area contributed by atoms with E-state index in [1.54, 1.807) is 6.92 Å². The van der Waals surface area contributed by atoms with Crippen molar-refractivity contribution in [1.29, 1.82) is 0 Å². The van der Waals surface area contributed by atoms with Crippen molar-refractivity contribution in [2.24, 2.45) is 0 Å². The molecule has 1 heterocycles. The van der Waals surface area contributed by atoms with Crippen molar-refractivity contribution in [1.82, 2.24) is 4.98 Å². The maximum atomic E-state index is 10.4. The fourth-order valence-corrected chi connectivity index (χ4v) is 1.16. The standard InChI is InChI=1S/C9H10N2O4/c1-6(4-9(12)13)8-3-2-7(5-10-8)11(14)15/h2-3,5-6H,4H2,1H3,(H,12,13). The third-order valence-electron chi connectivity index (χ3n) is 1.97. The Balaban J connectivity index is 2.79. The van der Waals surface area contributed by atoms with Gasteiger partial charge in [0.25, 0.3) is 5.69 Å². The molecule has 0 aromatic carbocycles. The van der Waals surface area contributed by atoms with Crippen LogP contribution in [0.2, 0.25) is 0 Å². The smallest absolute Gasteiger partial charge is 0.304 e. The summed E-state index contributed by atoms with van der Waals surface area (Å²) in [5.74, 6) is -1.16. The van der Waals surface area contributed by atoms with Gasteiger partial charge in [0.2, 0.25) is 0 Å². The number of aliphatic carboxylic acids is 1. The second kappa shape index (κ2) is 4.50. The number of aromatic nitrogens is 1. The third-order valence-corrected chi connectivity index (χ3v) is 1.97. The minimum atomic E-state index is -0.914. The van der Waals surface area contributed by atoms with Crippen LogP contribution >= 0.6 is 0 Å². The summed E-state index contributed by atoms with van der Waals surface area (Å²) in [7, 11) is 0. The van der Waals surface area contributed by atoms with Crippen LogP contribution in [-0.2, 0) is 4.79 Å². The van der Waals surface area contributed by atoms with Crippen molar-refractivity contribution >= 4 is 11.7 Å². The molecule has 0 bridgehead atoms. The predicted molar refractivity (Wildman–Crippen MR) is 51.6 cm³/mol. The normalized spacial score (nSPS) is 12.1. The van der Waals surface area contributed by atoms with E-state index in [1.165, 1.54) is 12.1 Å². The van der Waals surface area contributed by atoms with E-state index in [2.05, 4.69) is 4.98 Å². The highest BCUT2D eigenvalue weighted by atomic mass is 16.6. The van der Waals surface area contributed by atoms with Crippen LogP contribution in [0.4, 0.5) is 5.69 Å². The second-order valence-corrected chi connectivity index (χ2v) is 3.20. The molecule has 80 valence electrons. The lowest BCUT2D eigenvalue weighted by atomic mass is 10.0. The molecule has 1 aromatic heterocycles. The fourth-order valence-electron chi connectivity index (χ4n) is 1.16. The van der Waals surface area contributed by atoms with Crippen LogP contribution in [0.25, 0.3) is 0 Å². The summed E-state index contributed by atoms with van der Waals surface area (Å²) in [4.78, 5) is 24.1. The van der Waals surface area contributed by atoms with Gasteiger partial charge in [-0.05, 0) is 6.07 Å². The molecule has 0 spiro atoms. The van der Waals surface area contributed by atoms with Gasteiger partial charge in [-0.15, -0.1) is 0 Å². The topological polar surface area (TPSA) is 93.3 Å². The van der Waals surface area contributed by atoms with Crippen molar-refractivity contribution in [3.8, 4) is 0 Å². The second-order valence-electron chi connectivity index (χ2n) is 3.20. The molecule has 15 heavy (non-hydrogen) atoms. The highest BCUT2D eigenvalue weighted by Gasteiger charge is 2.13. The Kier molecular flexibility index (Phi) is 3.33. The van der Waals surface area contributed by atoms with Gasteiger partial charge < -0.3 is 5.11 Å². The summed E-state index contributed by atoms with van der Waals surface area (Å²) in [6.07, 6.45) is 1.10. The molecule has 1 unspecified atom stereocenters. The Bertz CT molecular complexity index is 374. The molecule has 0 radical (unpaired) electrons. The van der Waals surface area contributed by atoms with Gasteiger partial charge in [-0.2, -0.15) is 0 Å². The zero-order valence-electron chi connectivity index (χ0n) is 8.08. The van der Waals surface area contributed by atoms with E-state index in [0.717, 1.165) is 6.20 Å². The zero-order valence-corrected chi connectivity index (χ0v) is 8.08. The van der Waals surface area contributed by atoms with Gasteiger partial charge in [-0.1, -0.05) is 6.92 Å². The average molecular weight is 210 g/mol. The number of hydrogen-bond donors (Lipinski definition) is 1. The highest BCUT2D eigenvalue weighted by Crippen LogP contribution is 2.18. The number of nitro groups is 1. The van der Waals surface area contributed by atoms with Gasteiger partial charge in [0.15, 0.2) is 0 Å². The lowest BCUT2D eigenvalue weighted by molar-refractivity contribution is -0.385. The van der Waals surface area contributed by atoms with E-state index in [0.29, 0.717) is 5.69 Å². The molecule has 0 fully saturated rings. The SMILES string of the molecule is CC(CC(=O)O)c1ccc([N+](=O)[O-])cn1. The van der Waals surface area contributed by atoms with Crippen LogP contribution in [0, 0.1) is 10.1 Å². The largest absolute Gasteiger partial charge is 0.481 e. The number of carboxylic acids is 1. The minimum absolute atomic E-state index is 0.0369. The molecule has 1 N–H and O–H groups in total. The van der Waals surface area contributed by atoms with Crippen LogP contribution in [0.3, 0.4) is 0 Å². The van der Waals surface area contributed by atoms with Gasteiger partial charge in [-0.3, -0.25) is 19.9 Å². The summed E-state index contributed by atoms with van der Waals surface area (Å²) in [5.41, 5.74) is 0.448. The molecule has 0 aliphatic heterocycles. The van der Waals surface area contributed by atoms with Crippen LogP contribution in [-0.4, -0.2) is 21.0 Å². The van der Waals surface area contributed by atoms with Crippen molar-refractivity contribution in [2.45, 2.75) is 19.3 Å². The van der Waals surface area contributed by atoms with Crippen LogP contribution in [0.1, 0.15) is 25.0 Å². The predicted octanol–water partition coefficient (Wildman–Crippen LogP) is 1.57. The average Bonchev–Trinajstić information content (AvgIpc) is 2.17. The molecule has 1 aromatic rings. The molecule has 0 aliphatic rings. The molecule has 1 atom stereocenters. The number of carboxylic acid groups (broad SMARTS) is 1. The number of rotatable bonds is 4. The molecule has 6 heteroatoms. The van der Waals surface area contributed by atoms with E-state index in [4.69, 9.17) is 5.11 Å². The van der Waals surface area contributed by atoms with E-state index in [9.17, 15) is 14.9 Å². The minimum Gasteiger partial charge on any atom is -0.481 e. The summed E-state index contributed by atoms with van der Waals surface area (Å²) >= 11 is 0. The van der Waals surface area contributed by atoms with Crippen LogP contribution in [0.5, 0.6) is 0 Å². The molecule has 6 nitrogen and oxygen atoms in total. The summed E-state index contributed by atoms with van der Waals surface area (Å²) in [6.45, 7) is 1.71. The molecule has 0 saturated carbocycles. The highest BCUT2D eigenvalue weighted by molar-refractivity contribution is 5.67. The molecule has 0 amide bonds. The maximum Gasteiger partial charge on any atom is 0.304 e. The van der Waals surface area contributed by atoms with Crippen LogP contribution in [0.15, 0.2) is 18.3 Å². The Labute approximate surface area is 85.7 Å². The van der Waals surface area contributed by atoms with Gasteiger partial charge in [-0.25, -0.2) is 0 Å². The first-order valence-electron chi connectivity index (χ1n) is 4.33. The van der Waals surface area contributed by atoms with E-state index in [-0.39, 0.29) is 18.0 Å². The lowest BCUT2D eigenvalue weighted by Gasteiger charge is -2.06. The van der Waals surface area contributed by atoms with Crippen molar-refractivity contribution in [2.75, 3.05) is 0 Å². The van der Waals surface area contributed by atoms with Gasteiger partial charge in [0.05, 0.1) is 11.3 Å². The number of nitrogens with zero attached hydrogens (tertiary/aromatic N) is 2. The molecule has 0 saturated heterocycles. The van der Waals surface area contributed by atoms with Crippen molar-refractivity contribution in [3.63, 3.8) is 0 Å². The van der Waals surface area contributed by atoms with Gasteiger partial charge >= 0.3 is 5.97 Å². The Hall–Kier alpha value is -1.98. The Morgan fingerprint density at radius 1 is 1.67 bits per heavy atom. The van der Waals surface area contributed by atoms with Gasteiger partial charge in [0.1, 0.15) is 6.20 Å². The van der Waals surface area contributed by atoms with E-state index >= 15 is 0 Å². The fraction of sp³-hybridized carbons (Fsp3) is 0.333. The first-order chi connectivity index (χ1) is 7.00. The molecular weight excluding hydrogens is 200 g/mol.